The minimum atomic E-state index is -0.982. The minimum absolute atomic E-state index is 0.0182. The quantitative estimate of drug-likeness (QED) is 0.544. The predicted molar refractivity (Wildman–Crippen MR) is 108 cm³/mol. The summed E-state index contributed by atoms with van der Waals surface area (Å²) in [4.78, 5) is 24.3. The molecule has 0 aliphatic heterocycles. The van der Waals surface area contributed by atoms with Crippen molar-refractivity contribution in [1.29, 1.82) is 5.26 Å². The first-order valence-electron chi connectivity index (χ1n) is 8.91. The van der Waals surface area contributed by atoms with Gasteiger partial charge in [-0.15, -0.1) is 0 Å². The first kappa shape index (κ1) is 21.5. The van der Waals surface area contributed by atoms with E-state index >= 15 is 0 Å². The lowest BCUT2D eigenvalue weighted by molar-refractivity contribution is -0.124. The molecule has 0 aliphatic carbocycles. The van der Waals surface area contributed by atoms with Crippen molar-refractivity contribution in [3.05, 3.63) is 64.7 Å². The van der Waals surface area contributed by atoms with Crippen molar-refractivity contribution in [2.75, 3.05) is 20.7 Å². The van der Waals surface area contributed by atoms with E-state index in [0.717, 1.165) is 5.56 Å². The molecular weight excluding hydrogens is 372 g/mol. The molecule has 7 heteroatoms. The van der Waals surface area contributed by atoms with Gasteiger partial charge >= 0.3 is 5.97 Å². The van der Waals surface area contributed by atoms with E-state index in [9.17, 15) is 14.9 Å². The number of aromatic carboxylic acids is 1. The van der Waals surface area contributed by atoms with E-state index in [-0.39, 0.29) is 23.7 Å². The molecule has 150 valence electrons. The number of benzene rings is 2. The molecule has 1 N–H and O–H groups in total. The Morgan fingerprint density at radius 2 is 1.79 bits per heavy atom. The standard InChI is InChI=1S/C22H22N2O5/c1-4-28-20-12-16(11-18(13-23)21(25)24(2)3)7-10-19(20)29-14-15-5-8-17(9-6-15)22(26)27/h5-12H,4,14H2,1-3H3,(H,26,27)/b18-11-. The number of carboxylic acids is 1. The molecular formula is C22H22N2O5. The van der Waals surface area contributed by atoms with Crippen LogP contribution in [0.5, 0.6) is 11.5 Å². The highest BCUT2D eigenvalue weighted by molar-refractivity contribution is 6.01. The summed E-state index contributed by atoms with van der Waals surface area (Å²) in [6.45, 7) is 2.49. The van der Waals surface area contributed by atoms with Crippen LogP contribution in [0.4, 0.5) is 0 Å². The van der Waals surface area contributed by atoms with Crippen LogP contribution >= 0.6 is 0 Å². The molecule has 0 radical (unpaired) electrons. The van der Waals surface area contributed by atoms with Crippen molar-refractivity contribution < 1.29 is 24.2 Å². The third-order valence-electron chi connectivity index (χ3n) is 3.93. The first-order chi connectivity index (χ1) is 13.8. The molecule has 0 aromatic heterocycles. The summed E-state index contributed by atoms with van der Waals surface area (Å²) in [5, 5.41) is 18.2. The Bertz CT molecular complexity index is 956. The number of carbonyl (C=O) groups excluding carboxylic acids is 1. The van der Waals surface area contributed by atoms with E-state index in [4.69, 9.17) is 14.6 Å². The Labute approximate surface area is 169 Å². The number of hydrogen-bond donors (Lipinski definition) is 1. The number of likely N-dealkylation sites (N-methyl/N-ethyl adjacent to an activating group) is 1. The Balaban J connectivity index is 2.21. The molecule has 0 atom stereocenters. The molecule has 0 aliphatic rings. The van der Waals surface area contributed by atoms with Crippen LogP contribution in [0.15, 0.2) is 48.0 Å². The molecule has 0 saturated carbocycles. The monoisotopic (exact) mass is 394 g/mol. The average Bonchev–Trinajstić information content (AvgIpc) is 2.71. The number of carboxylic acid groups (broad SMARTS) is 1. The molecule has 0 spiro atoms. The third-order valence-corrected chi connectivity index (χ3v) is 3.93. The molecule has 2 aromatic carbocycles. The van der Waals surface area contributed by atoms with E-state index in [1.165, 1.54) is 23.1 Å². The molecule has 0 saturated heterocycles. The Kier molecular flexibility index (Phi) is 7.38. The topological polar surface area (TPSA) is 99.9 Å². The van der Waals surface area contributed by atoms with Gasteiger partial charge in [-0.1, -0.05) is 18.2 Å². The van der Waals surface area contributed by atoms with Gasteiger partial charge in [0.05, 0.1) is 12.2 Å². The molecule has 2 aromatic rings. The van der Waals surface area contributed by atoms with Gasteiger partial charge in [0.1, 0.15) is 18.2 Å². The van der Waals surface area contributed by atoms with Crippen molar-refractivity contribution in [2.45, 2.75) is 13.5 Å². The van der Waals surface area contributed by atoms with Gasteiger partial charge in [-0.05, 0) is 48.4 Å². The van der Waals surface area contributed by atoms with Crippen LogP contribution in [0.2, 0.25) is 0 Å². The average molecular weight is 394 g/mol. The van der Waals surface area contributed by atoms with Crippen molar-refractivity contribution in [3.8, 4) is 17.6 Å². The van der Waals surface area contributed by atoms with Gasteiger partial charge in [0.15, 0.2) is 11.5 Å². The summed E-state index contributed by atoms with van der Waals surface area (Å²) < 4.78 is 11.4. The number of ether oxygens (including phenoxy) is 2. The number of hydrogen-bond acceptors (Lipinski definition) is 5. The predicted octanol–water partition coefficient (Wildman–Crippen LogP) is 3.36. The second-order valence-electron chi connectivity index (χ2n) is 6.30. The maximum atomic E-state index is 12.0. The maximum Gasteiger partial charge on any atom is 0.335 e. The van der Waals surface area contributed by atoms with E-state index in [1.807, 2.05) is 13.0 Å². The summed E-state index contributed by atoms with van der Waals surface area (Å²) in [5.41, 5.74) is 1.67. The van der Waals surface area contributed by atoms with Crippen LogP contribution in [0.1, 0.15) is 28.4 Å². The fourth-order valence-electron chi connectivity index (χ4n) is 2.46. The summed E-state index contributed by atoms with van der Waals surface area (Å²) in [5.74, 6) is -0.374. The fraction of sp³-hybridized carbons (Fsp3) is 0.227. The second-order valence-corrected chi connectivity index (χ2v) is 6.30. The summed E-state index contributed by atoms with van der Waals surface area (Å²) >= 11 is 0. The van der Waals surface area contributed by atoms with Crippen LogP contribution in [0.25, 0.3) is 6.08 Å². The van der Waals surface area contributed by atoms with E-state index in [2.05, 4.69) is 0 Å². The molecule has 0 heterocycles. The lowest BCUT2D eigenvalue weighted by atomic mass is 10.1. The van der Waals surface area contributed by atoms with Gasteiger partial charge in [-0.2, -0.15) is 5.26 Å². The lowest BCUT2D eigenvalue weighted by Crippen LogP contribution is -2.22. The van der Waals surface area contributed by atoms with Crippen molar-refractivity contribution in [2.24, 2.45) is 0 Å². The van der Waals surface area contributed by atoms with Crippen LogP contribution in [-0.4, -0.2) is 42.6 Å². The largest absolute Gasteiger partial charge is 0.490 e. The van der Waals surface area contributed by atoms with Crippen LogP contribution in [0, 0.1) is 11.3 Å². The smallest absolute Gasteiger partial charge is 0.335 e. The van der Waals surface area contributed by atoms with E-state index < -0.39 is 5.97 Å². The van der Waals surface area contributed by atoms with Crippen molar-refractivity contribution >= 4 is 18.0 Å². The SMILES string of the molecule is CCOc1cc(/C=C(/C#N)C(=O)N(C)C)ccc1OCc1ccc(C(=O)O)cc1. The summed E-state index contributed by atoms with van der Waals surface area (Å²) in [7, 11) is 3.16. The number of nitriles is 1. The second kappa shape index (κ2) is 9.95. The van der Waals surface area contributed by atoms with Crippen LogP contribution in [0.3, 0.4) is 0 Å². The fourth-order valence-corrected chi connectivity index (χ4v) is 2.46. The normalized spacial score (nSPS) is 10.8. The molecule has 2 rings (SSSR count). The Morgan fingerprint density at radius 3 is 2.34 bits per heavy atom. The molecule has 0 fully saturated rings. The number of nitrogens with zero attached hydrogens (tertiary/aromatic N) is 2. The van der Waals surface area contributed by atoms with Gasteiger partial charge in [0, 0.05) is 14.1 Å². The third kappa shape index (κ3) is 5.84. The van der Waals surface area contributed by atoms with Crippen molar-refractivity contribution in [1.82, 2.24) is 4.90 Å². The van der Waals surface area contributed by atoms with Gasteiger partial charge in [-0.25, -0.2) is 4.79 Å². The zero-order valence-corrected chi connectivity index (χ0v) is 16.5. The molecule has 0 unspecified atom stereocenters. The Morgan fingerprint density at radius 1 is 1.10 bits per heavy atom. The molecule has 29 heavy (non-hydrogen) atoms. The molecule has 7 nitrogen and oxygen atoms in total. The summed E-state index contributed by atoms with van der Waals surface area (Å²) in [6.07, 6.45) is 1.50. The van der Waals surface area contributed by atoms with Crippen molar-refractivity contribution in [3.63, 3.8) is 0 Å². The highest BCUT2D eigenvalue weighted by atomic mass is 16.5. The minimum Gasteiger partial charge on any atom is -0.490 e. The van der Waals surface area contributed by atoms with Gasteiger partial charge < -0.3 is 19.5 Å². The lowest BCUT2D eigenvalue weighted by Gasteiger charge is -2.13. The Hall–Kier alpha value is -3.79. The van der Waals surface area contributed by atoms with Crippen LogP contribution in [-0.2, 0) is 11.4 Å². The zero-order chi connectivity index (χ0) is 21.4. The summed E-state index contributed by atoms with van der Waals surface area (Å²) in [6, 6.07) is 13.5. The van der Waals surface area contributed by atoms with Gasteiger partial charge in [-0.3, -0.25) is 4.79 Å². The maximum absolute atomic E-state index is 12.0. The molecule has 0 bridgehead atoms. The highest BCUT2D eigenvalue weighted by Gasteiger charge is 2.13. The van der Waals surface area contributed by atoms with E-state index in [1.54, 1.807) is 44.4 Å². The van der Waals surface area contributed by atoms with Gasteiger partial charge in [0.25, 0.3) is 5.91 Å². The van der Waals surface area contributed by atoms with E-state index in [0.29, 0.717) is 23.7 Å². The number of amides is 1. The van der Waals surface area contributed by atoms with Gasteiger partial charge in [0.2, 0.25) is 0 Å². The number of rotatable bonds is 8. The highest BCUT2D eigenvalue weighted by Crippen LogP contribution is 2.30. The first-order valence-corrected chi connectivity index (χ1v) is 8.91. The number of carbonyl (C=O) groups is 2. The molecule has 1 amide bonds. The van der Waals surface area contributed by atoms with Crippen LogP contribution < -0.4 is 9.47 Å². The zero-order valence-electron chi connectivity index (χ0n) is 16.5.